The van der Waals surface area contributed by atoms with Gasteiger partial charge in [0.1, 0.15) is 0 Å². The van der Waals surface area contributed by atoms with Crippen LogP contribution in [0.1, 0.15) is 18.1 Å². The molecule has 0 saturated carbocycles. The molecule has 0 nitrogen and oxygen atoms in total. The predicted octanol–water partition coefficient (Wildman–Crippen LogP) is 3.71. The zero-order valence-electron chi connectivity index (χ0n) is 8.17. The smallest absolute Gasteiger partial charge is 0.0152 e. The van der Waals surface area contributed by atoms with Crippen molar-refractivity contribution in [1.29, 1.82) is 0 Å². The van der Waals surface area contributed by atoms with E-state index in [9.17, 15) is 0 Å². The lowest BCUT2D eigenvalue weighted by Crippen LogP contribution is -1.85. The van der Waals surface area contributed by atoms with Gasteiger partial charge in [-0.1, -0.05) is 48.9 Å². The molecule has 2 aromatic carbocycles. The van der Waals surface area contributed by atoms with Crippen molar-refractivity contribution in [2.24, 2.45) is 0 Å². The SMILES string of the molecule is CCc1cc(C)cc2ccccc12. The molecule has 0 saturated heterocycles. The third kappa shape index (κ3) is 1.44. The molecule has 0 N–H and O–H groups in total. The molecular weight excluding hydrogens is 156 g/mol. The molecule has 0 aliphatic rings. The third-order valence-corrected chi connectivity index (χ3v) is 2.47. The highest BCUT2D eigenvalue weighted by Gasteiger charge is 1.98. The number of aryl methyl sites for hydroxylation is 2. The average molecular weight is 170 g/mol. The summed E-state index contributed by atoms with van der Waals surface area (Å²) in [5.41, 5.74) is 2.81. The van der Waals surface area contributed by atoms with Gasteiger partial charge in [0, 0.05) is 0 Å². The van der Waals surface area contributed by atoms with Gasteiger partial charge < -0.3 is 0 Å². The van der Waals surface area contributed by atoms with Crippen molar-refractivity contribution in [3.63, 3.8) is 0 Å². The van der Waals surface area contributed by atoms with Crippen LogP contribution in [-0.2, 0) is 6.42 Å². The van der Waals surface area contributed by atoms with Gasteiger partial charge in [0.15, 0.2) is 0 Å². The minimum Gasteiger partial charge on any atom is -0.0616 e. The molecule has 2 aromatic rings. The van der Waals surface area contributed by atoms with Crippen molar-refractivity contribution in [3.8, 4) is 0 Å². The number of benzene rings is 2. The number of hydrogen-bond donors (Lipinski definition) is 0. The molecule has 2 rings (SSSR count). The number of fused-ring (bicyclic) bond motifs is 1. The zero-order chi connectivity index (χ0) is 9.26. The minimum absolute atomic E-state index is 1.11. The second-order valence-corrected chi connectivity index (χ2v) is 3.50. The monoisotopic (exact) mass is 170 g/mol. The molecule has 0 fully saturated rings. The Hall–Kier alpha value is -1.30. The Kier molecular flexibility index (Phi) is 2.05. The first-order valence-electron chi connectivity index (χ1n) is 4.79. The van der Waals surface area contributed by atoms with Gasteiger partial charge in [-0.3, -0.25) is 0 Å². The van der Waals surface area contributed by atoms with Crippen LogP contribution in [0.3, 0.4) is 0 Å². The molecule has 0 bridgehead atoms. The van der Waals surface area contributed by atoms with E-state index in [1.807, 2.05) is 0 Å². The summed E-state index contributed by atoms with van der Waals surface area (Å²) in [7, 11) is 0. The first-order valence-corrected chi connectivity index (χ1v) is 4.79. The Morgan fingerprint density at radius 1 is 1.08 bits per heavy atom. The van der Waals surface area contributed by atoms with Crippen molar-refractivity contribution < 1.29 is 0 Å². The van der Waals surface area contributed by atoms with Gasteiger partial charge in [0.25, 0.3) is 0 Å². The predicted molar refractivity (Wildman–Crippen MR) is 58.1 cm³/mol. The second-order valence-electron chi connectivity index (χ2n) is 3.50. The standard InChI is InChI=1S/C13H14/c1-3-11-8-10(2)9-12-6-4-5-7-13(11)12/h4-9H,3H2,1-2H3. The van der Waals surface area contributed by atoms with E-state index in [1.54, 1.807) is 0 Å². The molecule has 0 unspecified atom stereocenters. The fourth-order valence-electron chi connectivity index (χ4n) is 1.85. The molecule has 0 atom stereocenters. The fraction of sp³-hybridized carbons (Fsp3) is 0.231. The lowest BCUT2D eigenvalue weighted by Gasteiger charge is -2.05. The minimum atomic E-state index is 1.11. The van der Waals surface area contributed by atoms with E-state index >= 15 is 0 Å². The molecule has 0 aliphatic heterocycles. The summed E-state index contributed by atoms with van der Waals surface area (Å²) in [6, 6.07) is 13.1. The van der Waals surface area contributed by atoms with E-state index < -0.39 is 0 Å². The summed E-state index contributed by atoms with van der Waals surface area (Å²) in [6.45, 7) is 4.37. The van der Waals surface area contributed by atoms with Crippen LogP contribution in [0.4, 0.5) is 0 Å². The van der Waals surface area contributed by atoms with E-state index in [-0.39, 0.29) is 0 Å². The summed E-state index contributed by atoms with van der Waals surface area (Å²) >= 11 is 0. The molecule has 0 heterocycles. The van der Waals surface area contributed by atoms with Crippen LogP contribution in [0.15, 0.2) is 36.4 Å². The van der Waals surface area contributed by atoms with Crippen molar-refractivity contribution >= 4 is 10.8 Å². The van der Waals surface area contributed by atoms with E-state index in [0.29, 0.717) is 0 Å². The van der Waals surface area contributed by atoms with Gasteiger partial charge in [0.05, 0.1) is 0 Å². The van der Waals surface area contributed by atoms with Gasteiger partial charge in [-0.05, 0) is 29.7 Å². The Morgan fingerprint density at radius 2 is 1.85 bits per heavy atom. The largest absolute Gasteiger partial charge is 0.0616 e. The van der Waals surface area contributed by atoms with Gasteiger partial charge >= 0.3 is 0 Å². The Labute approximate surface area is 79.2 Å². The fourth-order valence-corrected chi connectivity index (χ4v) is 1.85. The summed E-state index contributed by atoms with van der Waals surface area (Å²) < 4.78 is 0. The summed E-state index contributed by atoms with van der Waals surface area (Å²) in [6.07, 6.45) is 1.11. The maximum absolute atomic E-state index is 2.28. The lowest BCUT2D eigenvalue weighted by molar-refractivity contribution is 1.15. The van der Waals surface area contributed by atoms with Crippen LogP contribution in [0.5, 0.6) is 0 Å². The molecule has 0 amide bonds. The normalized spacial score (nSPS) is 10.6. The molecule has 0 heteroatoms. The Balaban J connectivity index is 2.81. The number of rotatable bonds is 1. The lowest BCUT2D eigenvalue weighted by atomic mass is 10.00. The van der Waals surface area contributed by atoms with Crippen LogP contribution in [0, 0.1) is 6.92 Å². The van der Waals surface area contributed by atoms with Crippen LogP contribution >= 0.6 is 0 Å². The maximum Gasteiger partial charge on any atom is -0.0152 e. The first-order chi connectivity index (χ1) is 6.31. The first kappa shape index (κ1) is 8.31. The summed E-state index contributed by atoms with van der Waals surface area (Å²) in [5, 5.41) is 2.76. The molecule has 66 valence electrons. The van der Waals surface area contributed by atoms with E-state index in [1.165, 1.54) is 21.9 Å². The van der Waals surface area contributed by atoms with Crippen molar-refractivity contribution in [2.45, 2.75) is 20.3 Å². The number of hydrogen-bond acceptors (Lipinski definition) is 0. The van der Waals surface area contributed by atoms with Crippen LogP contribution in [-0.4, -0.2) is 0 Å². The highest BCUT2D eigenvalue weighted by molar-refractivity contribution is 5.86. The van der Waals surface area contributed by atoms with Crippen molar-refractivity contribution in [3.05, 3.63) is 47.5 Å². The van der Waals surface area contributed by atoms with Gasteiger partial charge in [0.2, 0.25) is 0 Å². The maximum atomic E-state index is 2.28. The highest BCUT2D eigenvalue weighted by atomic mass is 14.0. The molecule has 13 heavy (non-hydrogen) atoms. The second kappa shape index (κ2) is 3.21. The van der Waals surface area contributed by atoms with Crippen molar-refractivity contribution in [1.82, 2.24) is 0 Å². The van der Waals surface area contributed by atoms with Gasteiger partial charge in [-0.15, -0.1) is 0 Å². The summed E-state index contributed by atoms with van der Waals surface area (Å²) in [4.78, 5) is 0. The van der Waals surface area contributed by atoms with E-state index in [4.69, 9.17) is 0 Å². The molecule has 0 aromatic heterocycles. The zero-order valence-corrected chi connectivity index (χ0v) is 8.17. The molecular formula is C13H14. The topological polar surface area (TPSA) is 0 Å². The molecule has 0 spiro atoms. The third-order valence-electron chi connectivity index (χ3n) is 2.47. The van der Waals surface area contributed by atoms with Crippen LogP contribution < -0.4 is 0 Å². The van der Waals surface area contributed by atoms with Crippen LogP contribution in [0.2, 0.25) is 0 Å². The van der Waals surface area contributed by atoms with Crippen LogP contribution in [0.25, 0.3) is 10.8 Å². The molecule has 0 radical (unpaired) electrons. The van der Waals surface area contributed by atoms with Crippen molar-refractivity contribution in [2.75, 3.05) is 0 Å². The summed E-state index contributed by atoms with van der Waals surface area (Å²) in [5.74, 6) is 0. The van der Waals surface area contributed by atoms with E-state index in [2.05, 4.69) is 50.2 Å². The molecule has 0 aliphatic carbocycles. The quantitative estimate of drug-likeness (QED) is 0.612. The Bertz CT molecular complexity index is 427. The van der Waals surface area contributed by atoms with Gasteiger partial charge in [-0.25, -0.2) is 0 Å². The highest BCUT2D eigenvalue weighted by Crippen LogP contribution is 2.20. The average Bonchev–Trinajstić information content (AvgIpc) is 2.16. The van der Waals surface area contributed by atoms with E-state index in [0.717, 1.165) is 6.42 Å². The van der Waals surface area contributed by atoms with Gasteiger partial charge in [-0.2, -0.15) is 0 Å². The Morgan fingerprint density at radius 3 is 2.62 bits per heavy atom.